The van der Waals surface area contributed by atoms with Crippen LogP contribution in [0.1, 0.15) is 29.1 Å². The quantitative estimate of drug-likeness (QED) is 0.590. The zero-order chi connectivity index (χ0) is 20.2. The summed E-state index contributed by atoms with van der Waals surface area (Å²) in [6, 6.07) is 7.15. The molecule has 0 aromatic carbocycles. The fourth-order valence-electron chi connectivity index (χ4n) is 3.29. The number of rotatable bonds is 7. The van der Waals surface area contributed by atoms with Crippen LogP contribution in [0.5, 0.6) is 0 Å². The first-order valence-corrected chi connectivity index (χ1v) is 10.4. The van der Waals surface area contributed by atoms with Crippen molar-refractivity contribution in [3.8, 4) is 0 Å². The largest absolute Gasteiger partial charge is 0.467 e. The molecule has 0 aliphatic carbocycles. The van der Waals surface area contributed by atoms with Crippen molar-refractivity contribution < 1.29 is 14.0 Å². The van der Waals surface area contributed by atoms with E-state index in [0.29, 0.717) is 17.4 Å². The Bertz CT molecular complexity index is 988. The lowest BCUT2D eigenvalue weighted by atomic mass is 10.4. The molecule has 0 saturated carbocycles. The number of nitrogens with one attached hydrogen (secondary N) is 1. The number of imide groups is 1. The number of nitrogens with zero attached hydrogens (tertiary/aromatic N) is 5. The lowest BCUT2D eigenvalue weighted by Gasteiger charge is -2.17. The summed E-state index contributed by atoms with van der Waals surface area (Å²) in [6.07, 6.45) is 5.63. The Labute approximate surface area is 172 Å². The molecule has 1 N–H and O–H groups in total. The van der Waals surface area contributed by atoms with Gasteiger partial charge in [0.05, 0.1) is 18.6 Å². The molecule has 3 aromatic rings. The molecule has 152 valence electrons. The number of aromatic nitrogens is 4. The van der Waals surface area contributed by atoms with Gasteiger partial charge in [-0.15, -0.1) is 10.2 Å². The van der Waals surface area contributed by atoms with Gasteiger partial charge in [0.25, 0.3) is 5.91 Å². The minimum atomic E-state index is -0.419. The van der Waals surface area contributed by atoms with E-state index in [-0.39, 0.29) is 11.7 Å². The number of thioether (sulfide) groups is 1. The van der Waals surface area contributed by atoms with E-state index in [1.54, 1.807) is 36.2 Å². The Hall–Kier alpha value is -3.01. The maximum atomic E-state index is 12.3. The fraction of sp³-hybridized carbons (Fsp3) is 0.368. The van der Waals surface area contributed by atoms with Crippen molar-refractivity contribution in [2.24, 2.45) is 7.05 Å². The zero-order valence-electron chi connectivity index (χ0n) is 16.1. The third kappa shape index (κ3) is 4.37. The van der Waals surface area contributed by atoms with Crippen LogP contribution in [0.3, 0.4) is 0 Å². The summed E-state index contributed by atoms with van der Waals surface area (Å²) in [6.45, 7) is 2.36. The second-order valence-corrected chi connectivity index (χ2v) is 7.76. The van der Waals surface area contributed by atoms with E-state index in [2.05, 4.69) is 20.4 Å². The summed E-state index contributed by atoms with van der Waals surface area (Å²) in [7, 11) is 1.76. The van der Waals surface area contributed by atoms with Gasteiger partial charge in [-0.3, -0.25) is 19.5 Å². The van der Waals surface area contributed by atoms with Gasteiger partial charge >= 0.3 is 0 Å². The molecule has 0 spiro atoms. The van der Waals surface area contributed by atoms with E-state index >= 15 is 0 Å². The van der Waals surface area contributed by atoms with Crippen LogP contribution in [0.25, 0.3) is 0 Å². The minimum Gasteiger partial charge on any atom is -0.467 e. The molecule has 1 aliphatic heterocycles. The Morgan fingerprint density at radius 1 is 1.21 bits per heavy atom. The summed E-state index contributed by atoms with van der Waals surface area (Å²) < 4.78 is 9.10. The van der Waals surface area contributed by atoms with Crippen LogP contribution >= 0.6 is 11.8 Å². The fourth-order valence-corrected chi connectivity index (χ4v) is 4.02. The maximum Gasteiger partial charge on any atom is 0.274 e. The average Bonchev–Trinajstić information content (AvgIpc) is 3.49. The third-order valence-corrected chi connectivity index (χ3v) is 5.71. The predicted molar refractivity (Wildman–Crippen MR) is 108 cm³/mol. The van der Waals surface area contributed by atoms with Gasteiger partial charge in [-0.05, 0) is 37.1 Å². The molecule has 4 rings (SSSR count). The van der Waals surface area contributed by atoms with Crippen LogP contribution < -0.4 is 10.2 Å². The lowest BCUT2D eigenvalue weighted by Crippen LogP contribution is -2.33. The van der Waals surface area contributed by atoms with E-state index in [1.807, 2.05) is 16.7 Å². The van der Waals surface area contributed by atoms with Crippen molar-refractivity contribution in [3.63, 3.8) is 0 Å². The van der Waals surface area contributed by atoms with Gasteiger partial charge in [0.1, 0.15) is 11.5 Å². The molecule has 0 bridgehead atoms. The molecule has 0 unspecified atom stereocenters. The molecule has 2 amide bonds. The van der Waals surface area contributed by atoms with Gasteiger partial charge in [-0.25, -0.2) is 0 Å². The zero-order valence-corrected chi connectivity index (χ0v) is 16.9. The Kier molecular flexibility index (Phi) is 5.70. The third-order valence-electron chi connectivity index (χ3n) is 4.74. The lowest BCUT2D eigenvalue weighted by molar-refractivity contribution is -0.117. The van der Waals surface area contributed by atoms with Crippen LogP contribution in [-0.4, -0.2) is 50.0 Å². The first-order valence-electron chi connectivity index (χ1n) is 9.40. The highest BCUT2D eigenvalue weighted by atomic mass is 32.2. The molecule has 10 heteroatoms. The molecule has 9 nitrogen and oxygen atoms in total. The number of hydrogen-bond donors (Lipinski definition) is 1. The summed E-state index contributed by atoms with van der Waals surface area (Å²) in [5.41, 5.74) is 0.431. The Balaban J connectivity index is 1.44. The predicted octanol–water partition coefficient (Wildman–Crippen LogP) is 1.91. The summed E-state index contributed by atoms with van der Waals surface area (Å²) in [4.78, 5) is 26.7. The first kappa shape index (κ1) is 19.3. The maximum absolute atomic E-state index is 12.3. The van der Waals surface area contributed by atoms with Gasteiger partial charge < -0.3 is 13.9 Å². The Morgan fingerprint density at radius 2 is 2.03 bits per heavy atom. The summed E-state index contributed by atoms with van der Waals surface area (Å²) >= 11 is 1.25. The number of aryl methyl sites for hydroxylation is 1. The van der Waals surface area contributed by atoms with Crippen LogP contribution in [-0.2, 0) is 18.4 Å². The number of carbonyl (C=O) groups is 2. The molecule has 1 saturated heterocycles. The van der Waals surface area contributed by atoms with Gasteiger partial charge in [0.2, 0.25) is 11.9 Å². The van der Waals surface area contributed by atoms with Crippen molar-refractivity contribution in [2.75, 3.05) is 23.7 Å². The van der Waals surface area contributed by atoms with Crippen LogP contribution in [0.2, 0.25) is 0 Å². The Morgan fingerprint density at radius 3 is 2.72 bits per heavy atom. The van der Waals surface area contributed by atoms with Gasteiger partial charge in [-0.2, -0.15) is 0 Å². The average molecular weight is 414 g/mol. The smallest absolute Gasteiger partial charge is 0.274 e. The highest BCUT2D eigenvalue weighted by Crippen LogP contribution is 2.25. The SMILES string of the molecule is Cn1cccc1C(=O)NC(=O)CSc1nnc(N2CCCC2)n1Cc1ccco1. The summed E-state index contributed by atoms with van der Waals surface area (Å²) in [5.74, 6) is 0.832. The monoisotopic (exact) mass is 414 g/mol. The number of hydrogen-bond acceptors (Lipinski definition) is 7. The number of furan rings is 1. The normalized spacial score (nSPS) is 13.8. The minimum absolute atomic E-state index is 0.0620. The van der Waals surface area contributed by atoms with Crippen LogP contribution in [0.4, 0.5) is 5.95 Å². The molecule has 1 fully saturated rings. The van der Waals surface area contributed by atoms with Crippen molar-refractivity contribution in [2.45, 2.75) is 24.5 Å². The highest BCUT2D eigenvalue weighted by molar-refractivity contribution is 7.99. The molecule has 29 heavy (non-hydrogen) atoms. The van der Waals surface area contributed by atoms with E-state index in [1.165, 1.54) is 11.8 Å². The van der Waals surface area contributed by atoms with Crippen molar-refractivity contribution in [1.82, 2.24) is 24.6 Å². The van der Waals surface area contributed by atoms with E-state index in [9.17, 15) is 9.59 Å². The topological polar surface area (TPSA) is 98.2 Å². The van der Waals surface area contributed by atoms with Gasteiger partial charge in [0.15, 0.2) is 5.16 Å². The number of carbonyl (C=O) groups excluding carboxylic acids is 2. The van der Waals surface area contributed by atoms with E-state index in [0.717, 1.165) is 37.6 Å². The van der Waals surface area contributed by atoms with Gasteiger partial charge in [-0.1, -0.05) is 11.8 Å². The number of anilines is 1. The highest BCUT2D eigenvalue weighted by Gasteiger charge is 2.23. The molecular formula is C19H22N6O3S. The summed E-state index contributed by atoms with van der Waals surface area (Å²) in [5, 5.41) is 11.7. The molecule has 4 heterocycles. The molecule has 0 radical (unpaired) electrons. The van der Waals surface area contributed by atoms with Crippen LogP contribution in [0, 0.1) is 0 Å². The van der Waals surface area contributed by atoms with E-state index in [4.69, 9.17) is 4.42 Å². The molecular weight excluding hydrogens is 392 g/mol. The molecule has 0 atom stereocenters. The standard InChI is InChI=1S/C19H22N6O3S/c1-23-8-4-7-15(23)17(27)20-16(26)13-29-19-22-21-18(24-9-2-3-10-24)25(19)12-14-6-5-11-28-14/h4-8,11H,2-3,9-10,12-13H2,1H3,(H,20,26,27). The van der Waals surface area contributed by atoms with E-state index < -0.39 is 5.91 Å². The second kappa shape index (κ2) is 8.56. The van der Waals surface area contributed by atoms with Crippen molar-refractivity contribution in [3.05, 3.63) is 48.2 Å². The second-order valence-electron chi connectivity index (χ2n) is 6.81. The number of amides is 2. The first-order chi connectivity index (χ1) is 14.1. The molecule has 3 aromatic heterocycles. The molecule has 1 aliphatic rings. The van der Waals surface area contributed by atoms with Crippen LogP contribution in [0.15, 0.2) is 46.3 Å². The van der Waals surface area contributed by atoms with Gasteiger partial charge in [0, 0.05) is 26.3 Å². The van der Waals surface area contributed by atoms with Crippen molar-refractivity contribution >= 4 is 29.5 Å². The van der Waals surface area contributed by atoms with Crippen molar-refractivity contribution in [1.29, 1.82) is 0 Å².